The van der Waals surface area contributed by atoms with Gasteiger partial charge in [0.2, 0.25) is 11.8 Å². The molecule has 4 rings (SSSR count). The molecule has 1 atom stereocenters. The highest BCUT2D eigenvalue weighted by Gasteiger charge is 2.23. The van der Waals surface area contributed by atoms with E-state index in [4.69, 9.17) is 14.5 Å². The maximum Gasteiger partial charge on any atom is 0.242 e. The third kappa shape index (κ3) is 5.32. The van der Waals surface area contributed by atoms with E-state index in [2.05, 4.69) is 48.1 Å². The van der Waals surface area contributed by atoms with Crippen LogP contribution in [0.3, 0.4) is 0 Å². The average molecular weight is 441 g/mol. The van der Waals surface area contributed by atoms with E-state index in [0.717, 1.165) is 16.8 Å². The zero-order chi connectivity index (χ0) is 21.1. The number of amides is 1. The molecule has 7 nitrogen and oxygen atoms in total. The summed E-state index contributed by atoms with van der Waals surface area (Å²) in [4.78, 5) is 27.0. The molecule has 3 aromatic rings. The summed E-state index contributed by atoms with van der Waals surface area (Å²) in [6.07, 6.45) is 3.08. The highest BCUT2D eigenvalue weighted by atomic mass is 32.1. The van der Waals surface area contributed by atoms with Crippen LogP contribution >= 0.6 is 13.5 Å². The van der Waals surface area contributed by atoms with Crippen molar-refractivity contribution < 1.29 is 14.3 Å². The van der Waals surface area contributed by atoms with Crippen molar-refractivity contribution in [3.63, 3.8) is 0 Å². The Morgan fingerprint density at radius 3 is 2.68 bits per heavy atom. The van der Waals surface area contributed by atoms with E-state index in [1.54, 1.807) is 24.2 Å². The summed E-state index contributed by atoms with van der Waals surface area (Å²) < 4.78 is 11.8. The molecular weight excluding hydrogens is 412 g/mol. The van der Waals surface area contributed by atoms with Crippen molar-refractivity contribution in [1.82, 2.24) is 19.9 Å². The standard InChI is InChI=1S/C23H26N4O3.H2S/c1-15(2)17-4-6-18(7-5-17)20-12-21-22(25-9-8-24-21)23(26-20)30-14-19-13-27(16(3)28)10-11-29-19;/h4-9,12,15,19H,10-11,13-14H2,1-3H3;1H2/t19-;/m0./s1. The molecule has 0 N–H and O–H groups in total. The minimum absolute atomic E-state index is 0. The van der Waals surface area contributed by atoms with Gasteiger partial charge in [0, 0.05) is 31.4 Å². The number of hydrogen-bond donors (Lipinski definition) is 0. The van der Waals surface area contributed by atoms with Gasteiger partial charge in [0.1, 0.15) is 12.7 Å². The van der Waals surface area contributed by atoms with Crippen molar-refractivity contribution in [1.29, 1.82) is 0 Å². The Bertz CT molecular complexity index is 1040. The van der Waals surface area contributed by atoms with Crippen LogP contribution in [0.5, 0.6) is 5.88 Å². The van der Waals surface area contributed by atoms with Crippen LogP contribution < -0.4 is 4.74 Å². The Labute approximate surface area is 189 Å². The number of fused-ring (bicyclic) bond motifs is 1. The van der Waals surface area contributed by atoms with Crippen molar-refractivity contribution in [3.05, 3.63) is 48.3 Å². The molecule has 1 aliphatic heterocycles. The highest BCUT2D eigenvalue weighted by Crippen LogP contribution is 2.28. The first-order valence-corrected chi connectivity index (χ1v) is 10.2. The number of carbonyl (C=O) groups is 1. The lowest BCUT2D eigenvalue weighted by Crippen LogP contribution is -2.46. The van der Waals surface area contributed by atoms with E-state index in [0.29, 0.717) is 37.0 Å². The second-order valence-corrected chi connectivity index (χ2v) is 7.78. The number of carbonyl (C=O) groups excluding carboxylic acids is 1. The first-order valence-electron chi connectivity index (χ1n) is 10.2. The predicted molar refractivity (Wildman–Crippen MR) is 125 cm³/mol. The monoisotopic (exact) mass is 440 g/mol. The molecule has 1 saturated heterocycles. The number of ether oxygens (including phenoxy) is 2. The summed E-state index contributed by atoms with van der Waals surface area (Å²) in [5.41, 5.74) is 4.39. The van der Waals surface area contributed by atoms with Crippen LogP contribution in [0.4, 0.5) is 0 Å². The van der Waals surface area contributed by atoms with Crippen LogP contribution in [-0.4, -0.2) is 58.2 Å². The summed E-state index contributed by atoms with van der Waals surface area (Å²) in [5, 5.41) is 0. The van der Waals surface area contributed by atoms with Crippen LogP contribution in [-0.2, 0) is 9.53 Å². The van der Waals surface area contributed by atoms with Crippen LogP contribution in [0, 0.1) is 0 Å². The van der Waals surface area contributed by atoms with Crippen molar-refractivity contribution in [2.45, 2.75) is 32.8 Å². The van der Waals surface area contributed by atoms with Crippen molar-refractivity contribution in [2.24, 2.45) is 0 Å². The first-order chi connectivity index (χ1) is 14.5. The lowest BCUT2D eigenvalue weighted by atomic mass is 10.0. The Morgan fingerprint density at radius 1 is 1.23 bits per heavy atom. The molecule has 1 aromatic carbocycles. The molecule has 1 fully saturated rings. The largest absolute Gasteiger partial charge is 0.473 e. The zero-order valence-electron chi connectivity index (χ0n) is 18.0. The molecule has 0 spiro atoms. The molecule has 0 aliphatic carbocycles. The number of pyridine rings is 1. The van der Waals surface area contributed by atoms with E-state index in [1.165, 1.54) is 5.56 Å². The number of aromatic nitrogens is 3. The minimum Gasteiger partial charge on any atom is -0.473 e. The number of hydrogen-bond acceptors (Lipinski definition) is 6. The lowest BCUT2D eigenvalue weighted by Gasteiger charge is -2.32. The third-order valence-corrected chi connectivity index (χ3v) is 5.29. The van der Waals surface area contributed by atoms with Crippen LogP contribution in [0.2, 0.25) is 0 Å². The summed E-state index contributed by atoms with van der Waals surface area (Å²) >= 11 is 0. The fourth-order valence-corrected chi connectivity index (χ4v) is 3.51. The summed E-state index contributed by atoms with van der Waals surface area (Å²) in [6.45, 7) is 7.83. The Balaban J connectivity index is 0.00000272. The molecule has 1 aliphatic rings. The second kappa shape index (κ2) is 10.1. The predicted octanol–water partition coefficient (Wildman–Crippen LogP) is 3.55. The molecule has 31 heavy (non-hydrogen) atoms. The topological polar surface area (TPSA) is 77.4 Å². The van der Waals surface area contributed by atoms with Gasteiger partial charge in [-0.3, -0.25) is 9.78 Å². The maximum absolute atomic E-state index is 11.7. The Morgan fingerprint density at radius 2 is 1.97 bits per heavy atom. The van der Waals surface area contributed by atoms with Gasteiger partial charge in [-0.2, -0.15) is 13.5 Å². The van der Waals surface area contributed by atoms with Crippen LogP contribution in [0.25, 0.3) is 22.3 Å². The molecule has 2 aromatic heterocycles. The molecule has 0 unspecified atom stereocenters. The Kier molecular flexibility index (Phi) is 7.46. The average Bonchev–Trinajstić information content (AvgIpc) is 2.77. The highest BCUT2D eigenvalue weighted by molar-refractivity contribution is 7.59. The van der Waals surface area contributed by atoms with E-state index in [-0.39, 0.29) is 32.1 Å². The van der Waals surface area contributed by atoms with E-state index < -0.39 is 0 Å². The summed E-state index contributed by atoms with van der Waals surface area (Å²) in [7, 11) is 0. The van der Waals surface area contributed by atoms with E-state index >= 15 is 0 Å². The third-order valence-electron chi connectivity index (χ3n) is 5.29. The second-order valence-electron chi connectivity index (χ2n) is 7.78. The van der Waals surface area contributed by atoms with Crippen LogP contribution in [0.1, 0.15) is 32.3 Å². The van der Waals surface area contributed by atoms with Gasteiger partial charge in [-0.25, -0.2) is 9.97 Å². The summed E-state index contributed by atoms with van der Waals surface area (Å²) in [6, 6.07) is 10.3. The molecule has 0 saturated carbocycles. The quantitative estimate of drug-likeness (QED) is 0.604. The van der Waals surface area contributed by atoms with E-state index in [9.17, 15) is 4.79 Å². The van der Waals surface area contributed by atoms with E-state index in [1.807, 2.05) is 6.07 Å². The van der Waals surface area contributed by atoms with Gasteiger partial charge >= 0.3 is 0 Å². The number of nitrogens with zero attached hydrogens (tertiary/aromatic N) is 4. The van der Waals surface area contributed by atoms with Crippen LogP contribution in [0.15, 0.2) is 42.7 Å². The van der Waals surface area contributed by atoms with Crippen molar-refractivity contribution >= 4 is 30.4 Å². The Hall–Kier alpha value is -2.71. The number of morpholine rings is 1. The van der Waals surface area contributed by atoms with Gasteiger partial charge in [0.05, 0.1) is 24.4 Å². The lowest BCUT2D eigenvalue weighted by molar-refractivity contribution is -0.137. The molecule has 0 bridgehead atoms. The number of benzene rings is 1. The molecule has 3 heterocycles. The van der Waals surface area contributed by atoms with Gasteiger partial charge in [-0.05, 0) is 17.5 Å². The molecule has 1 amide bonds. The zero-order valence-corrected chi connectivity index (χ0v) is 19.0. The fourth-order valence-electron chi connectivity index (χ4n) is 3.51. The SMILES string of the molecule is CC(=O)N1CCO[C@H](COc2nc(-c3ccc(C(C)C)cc3)cc3nccnc23)C1.S. The molecular formula is C23H28N4O3S. The normalized spacial score (nSPS) is 16.3. The van der Waals surface area contributed by atoms with Gasteiger partial charge in [-0.15, -0.1) is 0 Å². The smallest absolute Gasteiger partial charge is 0.242 e. The van der Waals surface area contributed by atoms with Crippen molar-refractivity contribution in [2.75, 3.05) is 26.3 Å². The molecule has 8 heteroatoms. The van der Waals surface area contributed by atoms with Gasteiger partial charge in [0.15, 0.2) is 5.52 Å². The van der Waals surface area contributed by atoms with Crippen molar-refractivity contribution in [3.8, 4) is 17.1 Å². The summed E-state index contributed by atoms with van der Waals surface area (Å²) in [5.74, 6) is 0.940. The molecule has 164 valence electrons. The first kappa shape index (κ1) is 23.0. The van der Waals surface area contributed by atoms with Gasteiger partial charge < -0.3 is 14.4 Å². The van der Waals surface area contributed by atoms with Gasteiger partial charge in [-0.1, -0.05) is 38.1 Å². The number of rotatable bonds is 5. The maximum atomic E-state index is 11.7. The fraction of sp³-hybridized carbons (Fsp3) is 0.391. The molecule has 0 radical (unpaired) electrons. The van der Waals surface area contributed by atoms with Gasteiger partial charge in [0.25, 0.3) is 0 Å². The minimum atomic E-state index is -0.204.